The number of likely N-dealkylation sites (tertiary alicyclic amines) is 1. The average molecular weight is 369 g/mol. The zero-order valence-electron chi connectivity index (χ0n) is 13.5. The van der Waals surface area contributed by atoms with Crippen molar-refractivity contribution in [2.24, 2.45) is 0 Å². The molecule has 2 rings (SSSR count). The van der Waals surface area contributed by atoms with E-state index in [1.54, 1.807) is 6.92 Å². The number of halogens is 1. The van der Waals surface area contributed by atoms with E-state index in [1.807, 2.05) is 24.3 Å². The van der Waals surface area contributed by atoms with Gasteiger partial charge in [-0.05, 0) is 51.8 Å². The smallest absolute Gasteiger partial charge is 0.260 e. The van der Waals surface area contributed by atoms with E-state index in [2.05, 4.69) is 40.0 Å². The molecule has 0 spiro atoms. The van der Waals surface area contributed by atoms with Gasteiger partial charge in [0.2, 0.25) is 0 Å². The summed E-state index contributed by atoms with van der Waals surface area (Å²) in [6.45, 7) is 8.31. The number of carbonyl (C=O) groups excluding carboxylic acids is 1. The minimum atomic E-state index is -0.488. The Bertz CT molecular complexity index is 499. The van der Waals surface area contributed by atoms with Crippen molar-refractivity contribution in [3.63, 3.8) is 0 Å². The lowest BCUT2D eigenvalue weighted by Crippen LogP contribution is -2.49. The minimum absolute atomic E-state index is 0.0389. The van der Waals surface area contributed by atoms with Crippen LogP contribution in [0.2, 0.25) is 0 Å². The van der Waals surface area contributed by atoms with Crippen LogP contribution >= 0.6 is 15.9 Å². The maximum absolute atomic E-state index is 12.3. The quantitative estimate of drug-likeness (QED) is 0.867. The topological polar surface area (TPSA) is 41.6 Å². The van der Waals surface area contributed by atoms with Gasteiger partial charge in [0.15, 0.2) is 6.10 Å². The second-order valence-electron chi connectivity index (χ2n) is 6.13. The molecule has 1 unspecified atom stereocenters. The standard InChI is InChI=1S/C17H25BrN2O2/c1-12(2)20-9-7-15(8-10-20)19-17(21)13(3)22-16-6-4-5-14(18)11-16/h4-6,11-13,15H,7-10H2,1-3H3,(H,19,21). The van der Waals surface area contributed by atoms with Crippen LogP contribution in [0.5, 0.6) is 5.75 Å². The van der Waals surface area contributed by atoms with Crippen LogP contribution in [0.3, 0.4) is 0 Å². The highest BCUT2D eigenvalue weighted by Gasteiger charge is 2.24. The van der Waals surface area contributed by atoms with Gasteiger partial charge in [-0.3, -0.25) is 4.79 Å². The predicted molar refractivity (Wildman–Crippen MR) is 92.1 cm³/mol. The second-order valence-corrected chi connectivity index (χ2v) is 7.05. The first-order chi connectivity index (χ1) is 10.5. The molecule has 0 saturated carbocycles. The average Bonchev–Trinajstić information content (AvgIpc) is 2.47. The molecule has 1 heterocycles. The molecule has 1 aromatic carbocycles. The summed E-state index contributed by atoms with van der Waals surface area (Å²) in [5.74, 6) is 0.662. The zero-order chi connectivity index (χ0) is 16.1. The van der Waals surface area contributed by atoms with Gasteiger partial charge in [-0.25, -0.2) is 0 Å². The predicted octanol–water partition coefficient (Wildman–Crippen LogP) is 3.21. The highest BCUT2D eigenvalue weighted by Crippen LogP contribution is 2.19. The van der Waals surface area contributed by atoms with Crippen molar-refractivity contribution in [3.05, 3.63) is 28.7 Å². The van der Waals surface area contributed by atoms with Crippen LogP contribution in [0, 0.1) is 0 Å². The lowest BCUT2D eigenvalue weighted by atomic mass is 10.0. The summed E-state index contributed by atoms with van der Waals surface area (Å²) >= 11 is 3.40. The van der Waals surface area contributed by atoms with Crippen LogP contribution in [-0.2, 0) is 4.79 Å². The molecule has 1 N–H and O–H groups in total. The van der Waals surface area contributed by atoms with Gasteiger partial charge in [0.25, 0.3) is 5.91 Å². The largest absolute Gasteiger partial charge is 0.481 e. The Hall–Kier alpha value is -1.07. The summed E-state index contributed by atoms with van der Waals surface area (Å²) in [5.41, 5.74) is 0. The van der Waals surface area contributed by atoms with Gasteiger partial charge in [0, 0.05) is 29.6 Å². The van der Waals surface area contributed by atoms with E-state index >= 15 is 0 Å². The Morgan fingerprint density at radius 3 is 2.59 bits per heavy atom. The van der Waals surface area contributed by atoms with Crippen LogP contribution in [-0.4, -0.2) is 42.1 Å². The first kappa shape index (κ1) is 17.3. The second kappa shape index (κ2) is 7.97. The Balaban J connectivity index is 1.80. The first-order valence-electron chi connectivity index (χ1n) is 7.92. The zero-order valence-corrected chi connectivity index (χ0v) is 15.1. The highest BCUT2D eigenvalue weighted by molar-refractivity contribution is 9.10. The maximum atomic E-state index is 12.3. The van der Waals surface area contributed by atoms with E-state index in [4.69, 9.17) is 4.74 Å². The summed E-state index contributed by atoms with van der Waals surface area (Å²) in [4.78, 5) is 14.7. The lowest BCUT2D eigenvalue weighted by molar-refractivity contribution is -0.128. The highest BCUT2D eigenvalue weighted by atomic mass is 79.9. The number of hydrogen-bond acceptors (Lipinski definition) is 3. The van der Waals surface area contributed by atoms with Gasteiger partial charge in [-0.1, -0.05) is 22.0 Å². The number of amides is 1. The normalized spacial score (nSPS) is 18.2. The van der Waals surface area contributed by atoms with Crippen LogP contribution in [0.1, 0.15) is 33.6 Å². The third-order valence-electron chi connectivity index (χ3n) is 4.08. The molecule has 0 aromatic heterocycles. The number of nitrogens with zero attached hydrogens (tertiary/aromatic N) is 1. The molecule has 1 fully saturated rings. The molecule has 1 atom stereocenters. The van der Waals surface area contributed by atoms with Crippen molar-refractivity contribution >= 4 is 21.8 Å². The summed E-state index contributed by atoms with van der Waals surface area (Å²) in [5, 5.41) is 3.11. The van der Waals surface area contributed by atoms with Gasteiger partial charge in [-0.15, -0.1) is 0 Å². The third kappa shape index (κ3) is 4.99. The number of carbonyl (C=O) groups is 1. The van der Waals surface area contributed by atoms with E-state index in [-0.39, 0.29) is 11.9 Å². The molecular formula is C17H25BrN2O2. The summed E-state index contributed by atoms with van der Waals surface area (Å²) in [6.07, 6.45) is 1.53. The molecule has 22 heavy (non-hydrogen) atoms. The Labute approximate surface area is 141 Å². The molecule has 1 aromatic rings. The fraction of sp³-hybridized carbons (Fsp3) is 0.588. The van der Waals surface area contributed by atoms with E-state index in [9.17, 15) is 4.79 Å². The number of piperidine rings is 1. The van der Waals surface area contributed by atoms with Gasteiger partial charge in [0.1, 0.15) is 5.75 Å². The van der Waals surface area contributed by atoms with Crippen LogP contribution in [0.25, 0.3) is 0 Å². The maximum Gasteiger partial charge on any atom is 0.260 e. The van der Waals surface area contributed by atoms with E-state index in [0.717, 1.165) is 30.4 Å². The Kier molecular flexibility index (Phi) is 6.26. The number of benzene rings is 1. The molecule has 122 valence electrons. The van der Waals surface area contributed by atoms with E-state index < -0.39 is 6.10 Å². The van der Waals surface area contributed by atoms with Crippen LogP contribution in [0.15, 0.2) is 28.7 Å². The molecule has 0 aliphatic carbocycles. The molecule has 5 heteroatoms. The van der Waals surface area contributed by atoms with E-state index in [0.29, 0.717) is 11.8 Å². The SMILES string of the molecule is CC(Oc1cccc(Br)c1)C(=O)NC1CCN(C(C)C)CC1. The van der Waals surface area contributed by atoms with Crippen molar-refractivity contribution in [1.82, 2.24) is 10.2 Å². The summed E-state index contributed by atoms with van der Waals surface area (Å²) in [6, 6.07) is 8.39. The van der Waals surface area contributed by atoms with Crippen molar-refractivity contribution < 1.29 is 9.53 Å². The molecule has 1 saturated heterocycles. The van der Waals surface area contributed by atoms with E-state index in [1.165, 1.54) is 0 Å². The first-order valence-corrected chi connectivity index (χ1v) is 8.71. The minimum Gasteiger partial charge on any atom is -0.481 e. The molecular weight excluding hydrogens is 344 g/mol. The van der Waals surface area contributed by atoms with Crippen molar-refractivity contribution in [3.8, 4) is 5.75 Å². The Morgan fingerprint density at radius 2 is 2.00 bits per heavy atom. The Morgan fingerprint density at radius 1 is 1.32 bits per heavy atom. The van der Waals surface area contributed by atoms with Crippen LogP contribution in [0.4, 0.5) is 0 Å². The van der Waals surface area contributed by atoms with Crippen molar-refractivity contribution in [2.45, 2.75) is 51.8 Å². The van der Waals surface area contributed by atoms with Crippen molar-refractivity contribution in [2.75, 3.05) is 13.1 Å². The molecule has 1 aliphatic heterocycles. The van der Waals surface area contributed by atoms with Crippen LogP contribution < -0.4 is 10.1 Å². The fourth-order valence-electron chi connectivity index (χ4n) is 2.68. The van der Waals surface area contributed by atoms with Gasteiger partial charge in [-0.2, -0.15) is 0 Å². The number of ether oxygens (including phenoxy) is 1. The molecule has 1 amide bonds. The van der Waals surface area contributed by atoms with Gasteiger partial charge >= 0.3 is 0 Å². The molecule has 0 radical (unpaired) electrons. The lowest BCUT2D eigenvalue weighted by Gasteiger charge is -2.35. The fourth-order valence-corrected chi connectivity index (χ4v) is 3.05. The van der Waals surface area contributed by atoms with Crippen molar-refractivity contribution in [1.29, 1.82) is 0 Å². The summed E-state index contributed by atoms with van der Waals surface area (Å²) < 4.78 is 6.65. The number of rotatable bonds is 5. The van der Waals surface area contributed by atoms with Gasteiger partial charge in [0.05, 0.1) is 0 Å². The van der Waals surface area contributed by atoms with Gasteiger partial charge < -0.3 is 15.0 Å². The summed E-state index contributed by atoms with van der Waals surface area (Å²) in [7, 11) is 0. The molecule has 0 bridgehead atoms. The molecule has 1 aliphatic rings. The monoisotopic (exact) mass is 368 g/mol. The molecule has 4 nitrogen and oxygen atoms in total. The third-order valence-corrected chi connectivity index (χ3v) is 4.58. The number of hydrogen-bond donors (Lipinski definition) is 1. The number of nitrogens with one attached hydrogen (secondary N) is 1.